The summed E-state index contributed by atoms with van der Waals surface area (Å²) in [5, 5.41) is 18.6. The molecule has 0 amide bonds. The predicted molar refractivity (Wildman–Crippen MR) is 59.7 cm³/mol. The second kappa shape index (κ2) is 4.39. The van der Waals surface area contributed by atoms with Gasteiger partial charge in [-0.25, -0.2) is 4.98 Å². The molecule has 15 heavy (non-hydrogen) atoms. The normalized spacial score (nSPS) is 12.5. The first-order valence-corrected chi connectivity index (χ1v) is 5.52. The minimum absolute atomic E-state index is 0.0220. The van der Waals surface area contributed by atoms with Crippen LogP contribution in [0.2, 0.25) is 0 Å². The number of aliphatic hydroxyl groups excluding tert-OH is 1. The summed E-state index contributed by atoms with van der Waals surface area (Å²) in [7, 11) is 0. The Morgan fingerprint density at radius 2 is 2.27 bits per heavy atom. The first kappa shape index (κ1) is 10.1. The molecule has 1 aromatic carbocycles. The molecule has 0 spiro atoms. The molecule has 3 nitrogen and oxygen atoms in total. The minimum Gasteiger partial charge on any atom is -0.396 e. The summed E-state index contributed by atoms with van der Waals surface area (Å²) in [5.41, 5.74) is 0.927. The summed E-state index contributed by atoms with van der Waals surface area (Å²) in [5.74, 6) is -0.285. The number of benzene rings is 1. The van der Waals surface area contributed by atoms with Crippen LogP contribution in [0.5, 0.6) is 0 Å². The maximum absolute atomic E-state index is 8.94. The van der Waals surface area contributed by atoms with E-state index < -0.39 is 0 Å². The molecule has 0 aliphatic carbocycles. The van der Waals surface area contributed by atoms with Crippen LogP contribution in [0.25, 0.3) is 10.2 Å². The van der Waals surface area contributed by atoms with Gasteiger partial charge in [-0.2, -0.15) is 5.26 Å². The van der Waals surface area contributed by atoms with Crippen molar-refractivity contribution in [1.29, 1.82) is 5.26 Å². The Labute approximate surface area is 91.6 Å². The Hall–Kier alpha value is -1.44. The number of thiazole rings is 1. The van der Waals surface area contributed by atoms with Gasteiger partial charge in [0.25, 0.3) is 0 Å². The fourth-order valence-electron chi connectivity index (χ4n) is 1.41. The van der Waals surface area contributed by atoms with Crippen molar-refractivity contribution in [2.24, 2.45) is 0 Å². The molecule has 1 aromatic heterocycles. The highest BCUT2D eigenvalue weighted by Crippen LogP contribution is 2.28. The van der Waals surface area contributed by atoms with Crippen molar-refractivity contribution in [3.8, 4) is 6.07 Å². The van der Waals surface area contributed by atoms with Gasteiger partial charge in [0.05, 0.1) is 16.3 Å². The molecular weight excluding hydrogens is 208 g/mol. The monoisotopic (exact) mass is 218 g/mol. The largest absolute Gasteiger partial charge is 0.396 e. The molecule has 0 fully saturated rings. The van der Waals surface area contributed by atoms with Gasteiger partial charge < -0.3 is 5.11 Å². The van der Waals surface area contributed by atoms with E-state index in [2.05, 4.69) is 11.1 Å². The summed E-state index contributed by atoms with van der Waals surface area (Å²) in [6, 6.07) is 9.98. The Bertz CT molecular complexity index is 468. The molecule has 0 radical (unpaired) electrons. The lowest BCUT2D eigenvalue weighted by Gasteiger charge is -2.00. The van der Waals surface area contributed by atoms with Gasteiger partial charge in [-0.15, -0.1) is 11.3 Å². The number of para-hydroxylation sites is 1. The second-order valence-electron chi connectivity index (χ2n) is 3.21. The van der Waals surface area contributed by atoms with Crippen molar-refractivity contribution in [3.05, 3.63) is 29.3 Å². The molecule has 0 saturated heterocycles. The number of nitriles is 1. The fraction of sp³-hybridized carbons (Fsp3) is 0.273. The van der Waals surface area contributed by atoms with Crippen molar-refractivity contribution < 1.29 is 5.11 Å². The molecule has 2 aromatic rings. The summed E-state index contributed by atoms with van der Waals surface area (Å²) >= 11 is 1.53. The molecule has 0 saturated carbocycles. The van der Waals surface area contributed by atoms with E-state index in [9.17, 15) is 0 Å². The fourth-order valence-corrected chi connectivity index (χ4v) is 2.46. The van der Waals surface area contributed by atoms with E-state index in [0.29, 0.717) is 6.42 Å². The van der Waals surface area contributed by atoms with E-state index in [1.54, 1.807) is 0 Å². The van der Waals surface area contributed by atoms with Gasteiger partial charge in [0, 0.05) is 6.61 Å². The molecule has 4 heteroatoms. The first-order valence-electron chi connectivity index (χ1n) is 4.71. The van der Waals surface area contributed by atoms with Crippen LogP contribution < -0.4 is 0 Å². The van der Waals surface area contributed by atoms with Gasteiger partial charge in [0.2, 0.25) is 0 Å². The highest BCUT2D eigenvalue weighted by molar-refractivity contribution is 7.18. The maximum Gasteiger partial charge on any atom is 0.111 e. The zero-order valence-electron chi connectivity index (χ0n) is 8.05. The van der Waals surface area contributed by atoms with Crippen molar-refractivity contribution in [3.63, 3.8) is 0 Å². The number of fused-ring (bicyclic) bond motifs is 1. The highest BCUT2D eigenvalue weighted by Gasteiger charge is 2.14. The zero-order chi connectivity index (χ0) is 10.7. The van der Waals surface area contributed by atoms with Gasteiger partial charge in [-0.3, -0.25) is 0 Å². The van der Waals surface area contributed by atoms with Crippen LogP contribution in [0.1, 0.15) is 17.3 Å². The number of hydrogen-bond acceptors (Lipinski definition) is 4. The Morgan fingerprint density at radius 3 is 2.93 bits per heavy atom. The summed E-state index contributed by atoms with van der Waals surface area (Å²) in [6.07, 6.45) is 0.455. The molecule has 0 aliphatic heterocycles. The van der Waals surface area contributed by atoms with Crippen molar-refractivity contribution in [2.45, 2.75) is 12.3 Å². The Kier molecular flexibility index (Phi) is 2.95. The third kappa shape index (κ3) is 1.99. The lowest BCUT2D eigenvalue weighted by Crippen LogP contribution is -1.97. The summed E-state index contributed by atoms with van der Waals surface area (Å²) in [4.78, 5) is 4.39. The van der Waals surface area contributed by atoms with Gasteiger partial charge >= 0.3 is 0 Å². The lowest BCUT2D eigenvalue weighted by molar-refractivity contribution is 0.283. The molecule has 76 valence electrons. The highest BCUT2D eigenvalue weighted by atomic mass is 32.1. The lowest BCUT2D eigenvalue weighted by atomic mass is 10.1. The first-order chi connectivity index (χ1) is 7.35. The molecular formula is C11H10N2OS. The average Bonchev–Trinajstić information content (AvgIpc) is 2.69. The van der Waals surface area contributed by atoms with E-state index in [4.69, 9.17) is 10.4 Å². The van der Waals surface area contributed by atoms with E-state index in [0.717, 1.165) is 15.2 Å². The van der Waals surface area contributed by atoms with E-state index >= 15 is 0 Å². The third-order valence-electron chi connectivity index (χ3n) is 2.18. The molecule has 1 heterocycles. The number of aliphatic hydroxyl groups is 1. The quantitative estimate of drug-likeness (QED) is 0.859. The van der Waals surface area contributed by atoms with Crippen LogP contribution in [-0.2, 0) is 0 Å². The zero-order valence-corrected chi connectivity index (χ0v) is 8.87. The maximum atomic E-state index is 8.94. The Morgan fingerprint density at radius 1 is 1.47 bits per heavy atom. The van der Waals surface area contributed by atoms with Crippen LogP contribution in [0, 0.1) is 11.3 Å². The SMILES string of the molecule is N#CC(CCO)c1nc2ccccc2s1. The molecule has 1 unspecified atom stereocenters. The standard InChI is InChI=1S/C11H10N2OS/c12-7-8(5-6-14)11-13-9-3-1-2-4-10(9)15-11/h1-4,8,14H,5-6H2. The van der Waals surface area contributed by atoms with Crippen molar-refractivity contribution in [1.82, 2.24) is 4.98 Å². The van der Waals surface area contributed by atoms with Crippen LogP contribution in [0.4, 0.5) is 0 Å². The molecule has 0 bridgehead atoms. The van der Waals surface area contributed by atoms with Crippen molar-refractivity contribution in [2.75, 3.05) is 6.61 Å². The number of rotatable bonds is 3. The summed E-state index contributed by atoms with van der Waals surface area (Å²) < 4.78 is 1.09. The van der Waals surface area contributed by atoms with Crippen LogP contribution in [0.15, 0.2) is 24.3 Å². The Balaban J connectivity index is 2.39. The molecule has 0 aliphatic rings. The van der Waals surface area contributed by atoms with Gasteiger partial charge in [-0.1, -0.05) is 12.1 Å². The number of nitrogens with zero attached hydrogens (tertiary/aromatic N) is 2. The topological polar surface area (TPSA) is 56.9 Å². The van der Waals surface area contributed by atoms with Gasteiger partial charge in [-0.05, 0) is 18.6 Å². The van der Waals surface area contributed by atoms with Gasteiger partial charge in [0.1, 0.15) is 10.9 Å². The van der Waals surface area contributed by atoms with Crippen molar-refractivity contribution >= 4 is 21.6 Å². The minimum atomic E-state index is -0.285. The number of hydrogen-bond donors (Lipinski definition) is 1. The third-order valence-corrected chi connectivity index (χ3v) is 3.33. The second-order valence-corrected chi connectivity index (χ2v) is 4.28. The molecule has 2 rings (SSSR count). The van der Waals surface area contributed by atoms with E-state index in [1.807, 2.05) is 24.3 Å². The average molecular weight is 218 g/mol. The van der Waals surface area contributed by atoms with Crippen LogP contribution >= 0.6 is 11.3 Å². The smallest absolute Gasteiger partial charge is 0.111 e. The predicted octanol–water partition coefficient (Wildman–Crippen LogP) is 2.29. The number of aromatic nitrogens is 1. The van der Waals surface area contributed by atoms with E-state index in [-0.39, 0.29) is 12.5 Å². The summed E-state index contributed by atoms with van der Waals surface area (Å²) in [6.45, 7) is 0.0220. The van der Waals surface area contributed by atoms with E-state index in [1.165, 1.54) is 11.3 Å². The van der Waals surface area contributed by atoms with Crippen LogP contribution in [0.3, 0.4) is 0 Å². The molecule has 1 atom stereocenters. The molecule has 1 N–H and O–H groups in total. The van der Waals surface area contributed by atoms with Gasteiger partial charge in [0.15, 0.2) is 0 Å². The van der Waals surface area contributed by atoms with Crippen LogP contribution in [-0.4, -0.2) is 16.7 Å².